The number of rotatable bonds is 5. The number of cyclic esters (lactones) is 1. The number of carbonyl (C=O) groups is 2. The van der Waals surface area contributed by atoms with Crippen LogP contribution in [0.2, 0.25) is 0 Å². The SMILES string of the molecule is C=C(C)[C@@H](O)[C@H](C)C(=O)N1C(=O)OC[C@@H]1Cc1ccccc1. The van der Waals surface area contributed by atoms with Gasteiger partial charge in [-0.05, 0) is 18.9 Å². The van der Waals surface area contributed by atoms with Crippen LogP contribution in [0, 0.1) is 5.92 Å². The fraction of sp³-hybridized carbons (Fsp3) is 0.412. The third-order valence-corrected chi connectivity index (χ3v) is 3.88. The first-order valence-corrected chi connectivity index (χ1v) is 7.29. The largest absolute Gasteiger partial charge is 0.447 e. The summed E-state index contributed by atoms with van der Waals surface area (Å²) >= 11 is 0. The molecule has 0 unspecified atom stereocenters. The van der Waals surface area contributed by atoms with Crippen molar-refractivity contribution in [3.63, 3.8) is 0 Å². The molecule has 1 aliphatic heterocycles. The van der Waals surface area contributed by atoms with Crippen LogP contribution in [0.4, 0.5) is 4.79 Å². The van der Waals surface area contributed by atoms with E-state index in [1.54, 1.807) is 13.8 Å². The molecule has 1 aromatic carbocycles. The number of aliphatic hydroxyl groups excluding tert-OH is 1. The lowest BCUT2D eigenvalue weighted by atomic mass is 9.97. The maximum Gasteiger partial charge on any atom is 0.416 e. The quantitative estimate of drug-likeness (QED) is 0.846. The number of imide groups is 1. The zero-order chi connectivity index (χ0) is 16.3. The van der Waals surface area contributed by atoms with E-state index in [0.717, 1.165) is 10.5 Å². The highest BCUT2D eigenvalue weighted by molar-refractivity contribution is 5.95. The molecule has 1 fully saturated rings. The number of amides is 2. The smallest absolute Gasteiger partial charge is 0.416 e. The molecule has 0 saturated carbocycles. The molecular formula is C17H21NO4. The third kappa shape index (κ3) is 3.36. The zero-order valence-corrected chi connectivity index (χ0v) is 12.9. The number of nitrogens with zero attached hydrogens (tertiary/aromatic N) is 1. The molecular weight excluding hydrogens is 282 g/mol. The van der Waals surface area contributed by atoms with Crippen LogP contribution in [0.3, 0.4) is 0 Å². The molecule has 0 aromatic heterocycles. The first-order chi connectivity index (χ1) is 10.4. The van der Waals surface area contributed by atoms with Crippen molar-refractivity contribution < 1.29 is 19.4 Å². The van der Waals surface area contributed by atoms with Crippen LogP contribution in [0.15, 0.2) is 42.5 Å². The number of ether oxygens (including phenoxy) is 1. The topological polar surface area (TPSA) is 66.8 Å². The number of hydrogen-bond acceptors (Lipinski definition) is 4. The fourth-order valence-corrected chi connectivity index (χ4v) is 2.55. The standard InChI is InChI=1S/C17H21NO4/c1-11(2)15(19)12(3)16(20)18-14(10-22-17(18)21)9-13-7-5-4-6-8-13/h4-8,12,14-15,19H,1,9-10H2,2-3H3/t12-,14-,15+/m0/s1. The van der Waals surface area contributed by atoms with Gasteiger partial charge in [0.1, 0.15) is 6.61 Å². The lowest BCUT2D eigenvalue weighted by molar-refractivity contribution is -0.135. The van der Waals surface area contributed by atoms with Crippen molar-refractivity contribution in [2.75, 3.05) is 6.61 Å². The molecule has 0 bridgehead atoms. The molecule has 1 aromatic rings. The predicted octanol–water partition coefficient (Wildman–Crippen LogP) is 2.15. The van der Waals surface area contributed by atoms with Gasteiger partial charge >= 0.3 is 6.09 Å². The Morgan fingerprint density at radius 2 is 2.09 bits per heavy atom. The molecule has 0 radical (unpaired) electrons. The summed E-state index contributed by atoms with van der Waals surface area (Å²) in [5.41, 5.74) is 1.52. The first-order valence-electron chi connectivity index (χ1n) is 7.29. The normalized spacial score (nSPS) is 20.4. The second kappa shape index (κ2) is 6.75. The Labute approximate surface area is 130 Å². The molecule has 2 amide bonds. The summed E-state index contributed by atoms with van der Waals surface area (Å²) in [6, 6.07) is 9.27. The summed E-state index contributed by atoms with van der Waals surface area (Å²) in [6.07, 6.45) is -1.08. The van der Waals surface area contributed by atoms with E-state index in [0.29, 0.717) is 12.0 Å². The van der Waals surface area contributed by atoms with Gasteiger partial charge in [0, 0.05) is 0 Å². The van der Waals surface area contributed by atoms with Gasteiger partial charge in [-0.3, -0.25) is 4.79 Å². The van der Waals surface area contributed by atoms with E-state index in [2.05, 4.69) is 6.58 Å². The second-order valence-corrected chi connectivity index (χ2v) is 5.71. The van der Waals surface area contributed by atoms with Crippen LogP contribution >= 0.6 is 0 Å². The molecule has 1 N–H and O–H groups in total. The van der Waals surface area contributed by atoms with Gasteiger partial charge in [0.25, 0.3) is 0 Å². The van der Waals surface area contributed by atoms with Gasteiger partial charge in [-0.15, -0.1) is 0 Å². The maximum atomic E-state index is 12.5. The molecule has 5 nitrogen and oxygen atoms in total. The van der Waals surface area contributed by atoms with Gasteiger partial charge in [-0.25, -0.2) is 9.69 Å². The molecule has 22 heavy (non-hydrogen) atoms. The summed E-state index contributed by atoms with van der Waals surface area (Å²) in [6.45, 7) is 7.07. The molecule has 2 rings (SSSR count). The number of carbonyl (C=O) groups excluding carboxylic acids is 2. The molecule has 118 valence electrons. The number of benzene rings is 1. The number of aliphatic hydroxyl groups is 1. The predicted molar refractivity (Wildman–Crippen MR) is 82.1 cm³/mol. The average Bonchev–Trinajstić information content (AvgIpc) is 2.86. The summed E-state index contributed by atoms with van der Waals surface area (Å²) in [7, 11) is 0. The number of hydrogen-bond donors (Lipinski definition) is 1. The van der Waals surface area contributed by atoms with E-state index in [-0.39, 0.29) is 12.6 Å². The molecule has 1 aliphatic rings. The summed E-state index contributed by atoms with van der Waals surface area (Å²) in [4.78, 5) is 25.5. The minimum Gasteiger partial charge on any atom is -0.447 e. The van der Waals surface area contributed by atoms with E-state index >= 15 is 0 Å². The van der Waals surface area contributed by atoms with Crippen molar-refractivity contribution in [1.82, 2.24) is 4.90 Å². The van der Waals surface area contributed by atoms with Gasteiger partial charge < -0.3 is 9.84 Å². The lowest BCUT2D eigenvalue weighted by Gasteiger charge is -2.25. The Kier molecular flexibility index (Phi) is 4.98. The minimum absolute atomic E-state index is 0.176. The van der Waals surface area contributed by atoms with Crippen molar-refractivity contribution in [3.05, 3.63) is 48.0 Å². The van der Waals surface area contributed by atoms with Crippen LogP contribution in [0.25, 0.3) is 0 Å². The summed E-state index contributed by atoms with van der Waals surface area (Å²) in [5, 5.41) is 9.99. The van der Waals surface area contributed by atoms with Crippen LogP contribution in [-0.2, 0) is 16.0 Å². The molecule has 3 atom stereocenters. The van der Waals surface area contributed by atoms with Crippen LogP contribution < -0.4 is 0 Å². The highest BCUT2D eigenvalue weighted by Gasteiger charge is 2.41. The van der Waals surface area contributed by atoms with E-state index in [1.165, 1.54) is 0 Å². The van der Waals surface area contributed by atoms with Gasteiger partial charge in [-0.2, -0.15) is 0 Å². The van der Waals surface area contributed by atoms with E-state index in [4.69, 9.17) is 4.74 Å². The fourth-order valence-electron chi connectivity index (χ4n) is 2.55. The van der Waals surface area contributed by atoms with Gasteiger partial charge in [0.2, 0.25) is 5.91 Å². The highest BCUT2D eigenvalue weighted by atomic mass is 16.6. The Bertz CT molecular complexity index is 569. The summed E-state index contributed by atoms with van der Waals surface area (Å²) < 4.78 is 5.02. The van der Waals surface area contributed by atoms with E-state index in [1.807, 2.05) is 30.3 Å². The molecule has 0 aliphatic carbocycles. The Hall–Kier alpha value is -2.14. The van der Waals surface area contributed by atoms with Crippen molar-refractivity contribution >= 4 is 12.0 Å². The van der Waals surface area contributed by atoms with Crippen molar-refractivity contribution in [2.24, 2.45) is 5.92 Å². The third-order valence-electron chi connectivity index (χ3n) is 3.88. The van der Waals surface area contributed by atoms with Crippen LogP contribution in [0.1, 0.15) is 19.4 Å². The Morgan fingerprint density at radius 1 is 1.45 bits per heavy atom. The molecule has 1 heterocycles. The van der Waals surface area contributed by atoms with Gasteiger partial charge in [-0.1, -0.05) is 49.4 Å². The van der Waals surface area contributed by atoms with Crippen LogP contribution in [-0.4, -0.2) is 40.8 Å². The van der Waals surface area contributed by atoms with Crippen molar-refractivity contribution in [3.8, 4) is 0 Å². The molecule has 0 spiro atoms. The highest BCUT2D eigenvalue weighted by Crippen LogP contribution is 2.22. The minimum atomic E-state index is -0.974. The second-order valence-electron chi connectivity index (χ2n) is 5.71. The van der Waals surface area contributed by atoms with Crippen LogP contribution in [0.5, 0.6) is 0 Å². The average molecular weight is 303 g/mol. The molecule has 1 saturated heterocycles. The Balaban J connectivity index is 2.14. The van der Waals surface area contributed by atoms with E-state index in [9.17, 15) is 14.7 Å². The van der Waals surface area contributed by atoms with Gasteiger partial charge in [0.15, 0.2) is 0 Å². The Morgan fingerprint density at radius 3 is 2.68 bits per heavy atom. The maximum absolute atomic E-state index is 12.5. The summed E-state index contributed by atoms with van der Waals surface area (Å²) in [5.74, 6) is -1.17. The van der Waals surface area contributed by atoms with E-state index < -0.39 is 24.0 Å². The lowest BCUT2D eigenvalue weighted by Crippen LogP contribution is -2.45. The van der Waals surface area contributed by atoms with Crippen molar-refractivity contribution in [1.29, 1.82) is 0 Å². The monoisotopic (exact) mass is 303 g/mol. The molecule has 5 heteroatoms. The van der Waals surface area contributed by atoms with Crippen molar-refractivity contribution in [2.45, 2.75) is 32.4 Å². The van der Waals surface area contributed by atoms with Gasteiger partial charge in [0.05, 0.1) is 18.1 Å². The first kappa shape index (κ1) is 16.2. The zero-order valence-electron chi connectivity index (χ0n) is 12.9.